The van der Waals surface area contributed by atoms with Gasteiger partial charge < -0.3 is 19.3 Å². The Morgan fingerprint density at radius 1 is 1.23 bits per heavy atom. The number of aliphatic hydroxyl groups is 1. The second-order valence-electron chi connectivity index (χ2n) is 7.13. The van der Waals surface area contributed by atoms with E-state index >= 15 is 0 Å². The Bertz CT molecular complexity index is 909. The molecule has 3 atom stereocenters. The molecule has 1 fully saturated rings. The third-order valence-electron chi connectivity index (χ3n) is 4.73. The fraction of sp³-hybridized carbons (Fsp3) is 0.364. The van der Waals surface area contributed by atoms with E-state index in [1.165, 1.54) is 6.08 Å². The van der Waals surface area contributed by atoms with Gasteiger partial charge in [0, 0.05) is 11.0 Å². The van der Waals surface area contributed by atoms with E-state index in [0.717, 1.165) is 12.8 Å². The quantitative estimate of drug-likeness (QED) is 0.531. The molecule has 1 saturated heterocycles. The summed E-state index contributed by atoms with van der Waals surface area (Å²) in [6.45, 7) is 2.19. The Hall–Kier alpha value is -2.32. The first-order valence-corrected chi connectivity index (χ1v) is 10.6. The van der Waals surface area contributed by atoms with Crippen LogP contribution in [0.1, 0.15) is 25.3 Å². The number of carbonyl (C=O) groups excluding carboxylic acids is 2. The van der Waals surface area contributed by atoms with Crippen LogP contribution in [0, 0.1) is 5.92 Å². The number of hydrogen-bond acceptors (Lipinski definition) is 6. The largest absolute Gasteiger partial charge is 0.491 e. The Morgan fingerprint density at radius 3 is 2.61 bits per heavy atom. The minimum atomic E-state index is -0.834. The zero-order chi connectivity index (χ0) is 22.4. The first-order valence-electron chi connectivity index (χ1n) is 9.88. The maximum atomic E-state index is 11.5. The van der Waals surface area contributed by atoms with Crippen molar-refractivity contribution in [1.82, 2.24) is 5.32 Å². The summed E-state index contributed by atoms with van der Waals surface area (Å²) in [4.78, 5) is 22.5. The van der Waals surface area contributed by atoms with E-state index < -0.39 is 18.1 Å². The van der Waals surface area contributed by atoms with Crippen LogP contribution in [0.4, 0.5) is 4.79 Å². The van der Waals surface area contributed by atoms with Crippen molar-refractivity contribution in [2.24, 2.45) is 5.92 Å². The molecule has 1 aliphatic carbocycles. The molecule has 3 rings (SSSR count). The summed E-state index contributed by atoms with van der Waals surface area (Å²) in [6.07, 6.45) is 4.91. The number of rotatable bonds is 9. The van der Waals surface area contributed by atoms with E-state index in [-0.39, 0.29) is 31.0 Å². The van der Waals surface area contributed by atoms with Gasteiger partial charge in [-0.25, -0.2) is 4.79 Å². The van der Waals surface area contributed by atoms with Crippen molar-refractivity contribution in [1.29, 1.82) is 0 Å². The predicted molar refractivity (Wildman–Crippen MR) is 117 cm³/mol. The summed E-state index contributed by atoms with van der Waals surface area (Å²) >= 11 is 12.4. The monoisotopic (exact) mass is 467 g/mol. The summed E-state index contributed by atoms with van der Waals surface area (Å²) in [7, 11) is 0. The molecule has 2 aliphatic rings. The Balaban J connectivity index is 1.47. The standard InChI is InChI=1S/C22H23Cl2NO6/c1-2-3-16-18(9-8-17(23)20(16)24)30-12-14(26)11-29-15-6-4-13(5-7-15)10-19-21(27)25-22(28)31-19/h4-10,14,16,18,26H,2-3,11-12H2,1H3,(H,25,27,28)/b19-10-. The summed E-state index contributed by atoms with van der Waals surface area (Å²) < 4.78 is 16.2. The van der Waals surface area contributed by atoms with Crippen LogP contribution in [0.2, 0.25) is 0 Å². The zero-order valence-corrected chi connectivity index (χ0v) is 18.4. The van der Waals surface area contributed by atoms with E-state index in [4.69, 9.17) is 37.4 Å². The number of carbonyl (C=O) groups is 2. The smallest absolute Gasteiger partial charge is 0.419 e. The minimum Gasteiger partial charge on any atom is -0.491 e. The lowest BCUT2D eigenvalue weighted by atomic mass is 9.92. The van der Waals surface area contributed by atoms with Crippen molar-refractivity contribution in [3.63, 3.8) is 0 Å². The molecule has 9 heteroatoms. The molecule has 7 nitrogen and oxygen atoms in total. The van der Waals surface area contributed by atoms with Crippen LogP contribution >= 0.6 is 23.2 Å². The van der Waals surface area contributed by atoms with Gasteiger partial charge in [-0.05, 0) is 36.3 Å². The summed E-state index contributed by atoms with van der Waals surface area (Å²) in [5.74, 6) is -0.143. The highest BCUT2D eigenvalue weighted by Gasteiger charge is 2.28. The van der Waals surface area contributed by atoms with Gasteiger partial charge in [0.25, 0.3) is 5.91 Å². The van der Waals surface area contributed by atoms with Crippen molar-refractivity contribution in [2.75, 3.05) is 13.2 Å². The molecule has 31 heavy (non-hydrogen) atoms. The van der Waals surface area contributed by atoms with E-state index in [9.17, 15) is 14.7 Å². The van der Waals surface area contributed by atoms with Gasteiger partial charge in [-0.2, -0.15) is 0 Å². The van der Waals surface area contributed by atoms with Crippen molar-refractivity contribution in [3.8, 4) is 5.75 Å². The lowest BCUT2D eigenvalue weighted by Crippen LogP contribution is -2.31. The molecule has 1 aromatic carbocycles. The fourth-order valence-corrected chi connectivity index (χ4v) is 3.69. The number of imide groups is 1. The van der Waals surface area contributed by atoms with Crippen LogP contribution in [0.3, 0.4) is 0 Å². The second kappa shape index (κ2) is 10.8. The molecule has 0 bridgehead atoms. The molecule has 0 aromatic heterocycles. The van der Waals surface area contributed by atoms with E-state index in [1.54, 1.807) is 30.3 Å². The molecule has 1 heterocycles. The number of benzene rings is 1. The van der Waals surface area contributed by atoms with Gasteiger partial charge >= 0.3 is 6.09 Å². The van der Waals surface area contributed by atoms with Crippen LogP contribution in [0.5, 0.6) is 5.75 Å². The van der Waals surface area contributed by atoms with Gasteiger partial charge in [0.2, 0.25) is 0 Å². The van der Waals surface area contributed by atoms with Gasteiger partial charge in [0.15, 0.2) is 5.76 Å². The number of allylic oxidation sites excluding steroid dienone is 2. The normalized spacial score (nSPS) is 23.2. The lowest BCUT2D eigenvalue weighted by molar-refractivity contribution is -0.116. The number of alkyl carbamates (subject to hydrolysis) is 1. The van der Waals surface area contributed by atoms with Crippen LogP contribution in [0.25, 0.3) is 6.08 Å². The van der Waals surface area contributed by atoms with Gasteiger partial charge in [-0.15, -0.1) is 0 Å². The van der Waals surface area contributed by atoms with Crippen LogP contribution in [-0.4, -0.2) is 42.5 Å². The third kappa shape index (κ3) is 6.33. The molecule has 1 aliphatic heterocycles. The first-order chi connectivity index (χ1) is 14.9. The molecule has 0 spiro atoms. The average Bonchev–Trinajstić information content (AvgIpc) is 3.07. The third-order valence-corrected chi connectivity index (χ3v) is 5.64. The number of ether oxygens (including phenoxy) is 3. The Morgan fingerprint density at radius 2 is 1.97 bits per heavy atom. The number of hydrogen-bond donors (Lipinski definition) is 2. The topological polar surface area (TPSA) is 94.1 Å². The fourth-order valence-electron chi connectivity index (χ4n) is 3.18. The highest BCUT2D eigenvalue weighted by atomic mass is 35.5. The Labute approximate surface area is 190 Å². The molecule has 2 N–H and O–H groups in total. The maximum absolute atomic E-state index is 11.5. The second-order valence-corrected chi connectivity index (χ2v) is 7.95. The first kappa shape index (κ1) is 23.3. The molecule has 2 amide bonds. The van der Waals surface area contributed by atoms with Crippen LogP contribution in [0.15, 0.2) is 52.2 Å². The zero-order valence-electron chi connectivity index (χ0n) is 16.8. The van der Waals surface area contributed by atoms with Crippen LogP contribution in [-0.2, 0) is 14.3 Å². The van der Waals surface area contributed by atoms with E-state index in [1.807, 2.05) is 11.4 Å². The molecule has 3 unspecified atom stereocenters. The van der Waals surface area contributed by atoms with Crippen molar-refractivity contribution < 1.29 is 28.9 Å². The number of aliphatic hydroxyl groups excluding tert-OH is 1. The predicted octanol–water partition coefficient (Wildman–Crippen LogP) is 4.09. The highest BCUT2D eigenvalue weighted by molar-refractivity contribution is 6.40. The van der Waals surface area contributed by atoms with Crippen molar-refractivity contribution >= 4 is 41.3 Å². The summed E-state index contributed by atoms with van der Waals surface area (Å²) in [6, 6.07) is 6.76. The lowest BCUT2D eigenvalue weighted by Gasteiger charge is -2.28. The molecule has 0 radical (unpaired) electrons. The van der Waals surface area contributed by atoms with Gasteiger partial charge in [0.1, 0.15) is 18.5 Å². The van der Waals surface area contributed by atoms with Gasteiger partial charge in [-0.1, -0.05) is 54.8 Å². The number of cyclic esters (lactones) is 1. The number of amides is 2. The van der Waals surface area contributed by atoms with Crippen LogP contribution < -0.4 is 10.1 Å². The van der Waals surface area contributed by atoms with Crippen molar-refractivity contribution in [2.45, 2.75) is 32.0 Å². The number of halogens is 2. The number of nitrogens with one attached hydrogen (secondary N) is 1. The molecular formula is C22H23Cl2NO6. The Kier molecular flexibility index (Phi) is 8.15. The molecular weight excluding hydrogens is 445 g/mol. The van der Waals surface area contributed by atoms with Gasteiger partial charge in [0.05, 0.1) is 17.7 Å². The average molecular weight is 468 g/mol. The summed E-state index contributed by atoms with van der Waals surface area (Å²) in [5, 5.41) is 13.4. The molecule has 1 aromatic rings. The van der Waals surface area contributed by atoms with E-state index in [2.05, 4.69) is 6.92 Å². The summed E-state index contributed by atoms with van der Waals surface area (Å²) in [5.41, 5.74) is 0.658. The SMILES string of the molecule is CCCC1C(Cl)=C(Cl)C=CC1OCC(O)COc1ccc(/C=C2\OC(=O)NC2=O)cc1. The van der Waals surface area contributed by atoms with E-state index in [0.29, 0.717) is 21.4 Å². The van der Waals surface area contributed by atoms with Gasteiger partial charge in [-0.3, -0.25) is 10.1 Å². The minimum absolute atomic E-state index is 0.0276. The molecule has 0 saturated carbocycles. The van der Waals surface area contributed by atoms with Crippen molar-refractivity contribution in [3.05, 3.63) is 57.8 Å². The maximum Gasteiger partial charge on any atom is 0.419 e. The highest BCUT2D eigenvalue weighted by Crippen LogP contribution is 2.35. The molecule has 166 valence electrons.